The van der Waals surface area contributed by atoms with Gasteiger partial charge in [-0.1, -0.05) is 0 Å². The summed E-state index contributed by atoms with van der Waals surface area (Å²) in [5.74, 6) is 0. The molecule has 2 rings (SSSR count). The van der Waals surface area contributed by atoms with Crippen molar-refractivity contribution in [1.82, 2.24) is 4.98 Å². The topological polar surface area (TPSA) is 12.9 Å². The third-order valence-corrected chi connectivity index (χ3v) is 2.37. The summed E-state index contributed by atoms with van der Waals surface area (Å²) in [7, 11) is 0. The number of rotatable bonds is 0. The van der Waals surface area contributed by atoms with Crippen molar-refractivity contribution >= 4 is 37.0 Å². The van der Waals surface area contributed by atoms with Gasteiger partial charge >= 0.3 is 78.5 Å². The summed E-state index contributed by atoms with van der Waals surface area (Å²) >= 11 is 1.42. The number of pyridine rings is 1. The van der Waals surface area contributed by atoms with Crippen molar-refractivity contribution in [3.05, 3.63) is 36.5 Å². The van der Waals surface area contributed by atoms with Crippen molar-refractivity contribution in [3.8, 4) is 0 Å². The molecule has 0 atom stereocenters. The van der Waals surface area contributed by atoms with Crippen LogP contribution in [0.25, 0.3) is 10.9 Å². The van der Waals surface area contributed by atoms with E-state index in [4.69, 9.17) is 0 Å². The number of hydrogen-bond donors (Lipinski definition) is 0. The fourth-order valence-electron chi connectivity index (χ4n) is 1.07. The second kappa shape index (κ2) is 2.81. The van der Waals surface area contributed by atoms with Gasteiger partial charge in [-0.3, -0.25) is 0 Å². The number of hydrogen-bond acceptors (Lipinski definition) is 1. The van der Waals surface area contributed by atoms with Gasteiger partial charge in [0, 0.05) is 0 Å². The van der Waals surface area contributed by atoms with Crippen LogP contribution in [0.3, 0.4) is 0 Å². The van der Waals surface area contributed by atoms with Gasteiger partial charge < -0.3 is 0 Å². The molecule has 2 aromatic rings. The summed E-state index contributed by atoms with van der Waals surface area (Å²) in [6.07, 6.45) is 1.93. The summed E-state index contributed by atoms with van der Waals surface area (Å²) in [4.78, 5) is 4.30. The Bertz CT molecular complexity index is 384. The van der Waals surface area contributed by atoms with Crippen molar-refractivity contribution in [2.45, 2.75) is 0 Å². The minimum atomic E-state index is 1.08. The van der Waals surface area contributed by atoms with Crippen molar-refractivity contribution < 1.29 is 0 Å². The summed E-state index contributed by atoms with van der Waals surface area (Å²) in [6, 6.07) is 10.4. The molecule has 3 radical (unpaired) electrons. The number of para-hydroxylation sites is 1. The van der Waals surface area contributed by atoms with Crippen molar-refractivity contribution in [2.75, 3.05) is 0 Å². The standard InChI is InChI=1S/C9H6N.Sn/c1-2-6-9-8(4-1)5-3-7-10-9;/h1-2,4-7H;. The quantitative estimate of drug-likeness (QED) is 0.633. The second-order valence-electron chi connectivity index (χ2n) is 2.42. The first kappa shape index (κ1) is 7.10. The van der Waals surface area contributed by atoms with E-state index in [0.29, 0.717) is 0 Å². The Labute approximate surface area is 78.5 Å². The number of aromatic nitrogens is 1. The van der Waals surface area contributed by atoms with Crippen LogP contribution in [0, 0.1) is 0 Å². The average molecular weight is 247 g/mol. The SMILES string of the molecule is [Sn][c]1cnc2ccccc2c1. The molecule has 1 nitrogen and oxygen atoms in total. The molecule has 0 aliphatic heterocycles. The fraction of sp³-hybridized carbons (Fsp3) is 0. The van der Waals surface area contributed by atoms with Gasteiger partial charge in [0.1, 0.15) is 0 Å². The molecule has 1 heterocycles. The van der Waals surface area contributed by atoms with Crippen molar-refractivity contribution in [3.63, 3.8) is 0 Å². The Morgan fingerprint density at radius 2 is 2.00 bits per heavy atom. The van der Waals surface area contributed by atoms with Crippen molar-refractivity contribution in [1.29, 1.82) is 0 Å². The molecule has 0 saturated heterocycles. The predicted octanol–water partition coefficient (Wildman–Crippen LogP) is 1.03. The van der Waals surface area contributed by atoms with Crippen LogP contribution < -0.4 is 3.58 Å². The van der Waals surface area contributed by atoms with Crippen LogP contribution in [0.4, 0.5) is 0 Å². The van der Waals surface area contributed by atoms with E-state index in [1.54, 1.807) is 0 Å². The third kappa shape index (κ3) is 1.38. The van der Waals surface area contributed by atoms with E-state index >= 15 is 0 Å². The van der Waals surface area contributed by atoms with Crippen LogP contribution in [0.1, 0.15) is 0 Å². The van der Waals surface area contributed by atoms with E-state index in [9.17, 15) is 0 Å². The zero-order chi connectivity index (χ0) is 7.68. The minimum absolute atomic E-state index is 1.08. The van der Waals surface area contributed by atoms with E-state index in [2.05, 4.69) is 17.1 Å². The van der Waals surface area contributed by atoms with Gasteiger partial charge in [0.25, 0.3) is 0 Å². The van der Waals surface area contributed by atoms with E-state index in [-0.39, 0.29) is 0 Å². The fourth-order valence-corrected chi connectivity index (χ4v) is 1.70. The second-order valence-corrected chi connectivity index (χ2v) is 4.06. The van der Waals surface area contributed by atoms with E-state index in [1.807, 2.05) is 24.4 Å². The average Bonchev–Trinajstić information content (AvgIpc) is 2.04. The molecule has 1 aromatic heterocycles. The Morgan fingerprint density at radius 1 is 1.18 bits per heavy atom. The summed E-state index contributed by atoms with van der Waals surface area (Å²) < 4.78 is 1.30. The van der Waals surface area contributed by atoms with Crippen LogP contribution in [0.15, 0.2) is 36.5 Å². The first-order valence-corrected chi connectivity index (χ1v) is 4.85. The molecule has 0 amide bonds. The van der Waals surface area contributed by atoms with E-state index in [0.717, 1.165) is 5.52 Å². The van der Waals surface area contributed by atoms with E-state index < -0.39 is 0 Å². The molecule has 0 N–H and O–H groups in total. The van der Waals surface area contributed by atoms with Crippen LogP contribution in [0.5, 0.6) is 0 Å². The molecule has 0 aliphatic carbocycles. The summed E-state index contributed by atoms with van der Waals surface area (Å²) in [5, 5.41) is 1.24. The Hall–Kier alpha value is -0.571. The van der Waals surface area contributed by atoms with Crippen LogP contribution in [-0.4, -0.2) is 27.5 Å². The molecule has 0 aliphatic rings. The number of nitrogens with zero attached hydrogens (tertiary/aromatic N) is 1. The normalized spacial score (nSPS) is 10.3. The summed E-state index contributed by atoms with van der Waals surface area (Å²) in [6.45, 7) is 0. The van der Waals surface area contributed by atoms with Gasteiger partial charge in [0.2, 0.25) is 0 Å². The molecule has 0 fully saturated rings. The van der Waals surface area contributed by atoms with Crippen LogP contribution in [-0.2, 0) is 0 Å². The van der Waals surface area contributed by atoms with Crippen LogP contribution >= 0.6 is 0 Å². The molecule has 0 unspecified atom stereocenters. The first-order valence-electron chi connectivity index (χ1n) is 3.43. The zero-order valence-corrected chi connectivity index (χ0v) is 8.77. The molecular formula is C9H6NSn. The van der Waals surface area contributed by atoms with Gasteiger partial charge in [-0.2, -0.15) is 0 Å². The molecule has 2 heteroatoms. The van der Waals surface area contributed by atoms with E-state index in [1.165, 1.54) is 31.5 Å². The molecule has 0 saturated carbocycles. The van der Waals surface area contributed by atoms with Crippen molar-refractivity contribution in [2.24, 2.45) is 0 Å². The molecule has 51 valence electrons. The van der Waals surface area contributed by atoms with Gasteiger partial charge in [0.15, 0.2) is 0 Å². The number of fused-ring (bicyclic) bond motifs is 1. The third-order valence-electron chi connectivity index (χ3n) is 1.59. The molecule has 0 spiro atoms. The maximum absolute atomic E-state index is 4.30. The Morgan fingerprint density at radius 3 is 2.91 bits per heavy atom. The molecule has 0 bridgehead atoms. The molecule has 11 heavy (non-hydrogen) atoms. The molecular weight excluding hydrogens is 241 g/mol. The Balaban J connectivity index is 2.83. The van der Waals surface area contributed by atoms with Gasteiger partial charge in [0.05, 0.1) is 0 Å². The maximum atomic E-state index is 4.30. The predicted molar refractivity (Wildman–Crippen MR) is 47.1 cm³/mol. The van der Waals surface area contributed by atoms with Crippen LogP contribution in [0.2, 0.25) is 0 Å². The van der Waals surface area contributed by atoms with Gasteiger partial charge in [-0.15, -0.1) is 0 Å². The Kier molecular flexibility index (Phi) is 1.82. The zero-order valence-electron chi connectivity index (χ0n) is 5.91. The van der Waals surface area contributed by atoms with Gasteiger partial charge in [-0.05, 0) is 0 Å². The first-order chi connectivity index (χ1) is 5.36. The summed E-state index contributed by atoms with van der Waals surface area (Å²) in [5.41, 5.74) is 1.08. The monoisotopic (exact) mass is 248 g/mol. The van der Waals surface area contributed by atoms with Gasteiger partial charge in [-0.25, -0.2) is 0 Å². The number of benzene rings is 1. The molecule has 1 aromatic carbocycles.